The van der Waals surface area contributed by atoms with Crippen molar-refractivity contribution in [3.05, 3.63) is 22.9 Å². The highest BCUT2D eigenvalue weighted by molar-refractivity contribution is 9.11. The second kappa shape index (κ2) is 4.30. The van der Waals surface area contributed by atoms with Crippen LogP contribution in [0.5, 0.6) is 0 Å². The molecular formula is C8H9BrO3. The summed E-state index contributed by atoms with van der Waals surface area (Å²) in [6, 6.07) is 0. The Morgan fingerprint density at radius 3 is 3.17 bits per heavy atom. The molecule has 0 amide bonds. The summed E-state index contributed by atoms with van der Waals surface area (Å²) in [5.74, 6) is -0.370. The van der Waals surface area contributed by atoms with E-state index in [1.807, 2.05) is 0 Å². The lowest BCUT2D eigenvalue weighted by Gasteiger charge is -2.16. The lowest BCUT2D eigenvalue weighted by atomic mass is 10.3. The van der Waals surface area contributed by atoms with E-state index in [0.717, 1.165) is 0 Å². The molecule has 0 aromatic heterocycles. The van der Waals surface area contributed by atoms with E-state index in [2.05, 4.69) is 15.9 Å². The maximum absolute atomic E-state index is 11.2. The standard InChI is InChI=1S/C8H9BrO3/c1-2-11-8(10)7-6(9)4-3-5-12-7/h3-5,7H,2H2,1H3. The second-order valence-electron chi connectivity index (χ2n) is 2.15. The molecule has 0 spiro atoms. The summed E-state index contributed by atoms with van der Waals surface area (Å²) in [6.45, 7) is 2.12. The molecule has 0 radical (unpaired) electrons. The number of carbonyl (C=O) groups excluding carboxylic acids is 1. The van der Waals surface area contributed by atoms with Crippen molar-refractivity contribution in [2.45, 2.75) is 13.0 Å². The number of halogens is 1. The van der Waals surface area contributed by atoms with Crippen LogP contribution < -0.4 is 0 Å². The zero-order valence-electron chi connectivity index (χ0n) is 6.62. The van der Waals surface area contributed by atoms with Gasteiger partial charge in [-0.2, -0.15) is 0 Å². The Bertz CT molecular complexity index is 232. The Labute approximate surface area is 79.2 Å². The normalized spacial score (nSPS) is 21.2. The molecule has 0 N–H and O–H groups in total. The molecule has 0 saturated carbocycles. The molecule has 1 aliphatic heterocycles. The van der Waals surface area contributed by atoms with E-state index in [9.17, 15) is 4.79 Å². The van der Waals surface area contributed by atoms with Gasteiger partial charge >= 0.3 is 5.97 Å². The van der Waals surface area contributed by atoms with Gasteiger partial charge < -0.3 is 9.47 Å². The Hall–Kier alpha value is -0.770. The van der Waals surface area contributed by atoms with Crippen molar-refractivity contribution in [3.8, 4) is 0 Å². The van der Waals surface area contributed by atoms with Crippen molar-refractivity contribution in [2.75, 3.05) is 6.61 Å². The lowest BCUT2D eigenvalue weighted by molar-refractivity contribution is -0.150. The van der Waals surface area contributed by atoms with Gasteiger partial charge in [-0.15, -0.1) is 0 Å². The minimum Gasteiger partial charge on any atom is -0.481 e. The Morgan fingerprint density at radius 2 is 2.58 bits per heavy atom. The summed E-state index contributed by atoms with van der Waals surface area (Å²) in [5, 5.41) is 0. The number of esters is 1. The summed E-state index contributed by atoms with van der Waals surface area (Å²) in [5.41, 5.74) is 0. The predicted octanol–water partition coefficient (Wildman–Crippen LogP) is 1.74. The van der Waals surface area contributed by atoms with Crippen LogP contribution in [-0.2, 0) is 14.3 Å². The van der Waals surface area contributed by atoms with E-state index >= 15 is 0 Å². The fourth-order valence-electron chi connectivity index (χ4n) is 0.794. The minimum absolute atomic E-state index is 0.364. The zero-order chi connectivity index (χ0) is 8.97. The molecule has 1 atom stereocenters. The quantitative estimate of drug-likeness (QED) is 0.681. The number of hydrogen-bond donors (Lipinski definition) is 0. The van der Waals surface area contributed by atoms with E-state index in [1.165, 1.54) is 6.26 Å². The first-order valence-electron chi connectivity index (χ1n) is 3.60. The molecule has 12 heavy (non-hydrogen) atoms. The van der Waals surface area contributed by atoms with Crippen molar-refractivity contribution < 1.29 is 14.3 Å². The molecule has 1 aliphatic rings. The van der Waals surface area contributed by atoms with Crippen LogP contribution in [-0.4, -0.2) is 18.7 Å². The first kappa shape index (κ1) is 9.32. The molecular weight excluding hydrogens is 224 g/mol. The van der Waals surface area contributed by atoms with Crippen molar-refractivity contribution in [2.24, 2.45) is 0 Å². The summed E-state index contributed by atoms with van der Waals surface area (Å²) in [6.07, 6.45) is 4.30. The van der Waals surface area contributed by atoms with E-state index in [4.69, 9.17) is 9.47 Å². The number of carbonyl (C=O) groups is 1. The molecule has 0 aromatic rings. The molecule has 0 saturated heterocycles. The van der Waals surface area contributed by atoms with Gasteiger partial charge in [-0.05, 0) is 19.1 Å². The van der Waals surface area contributed by atoms with Gasteiger partial charge in [-0.25, -0.2) is 4.79 Å². The molecule has 1 unspecified atom stereocenters. The summed E-state index contributed by atoms with van der Waals surface area (Å²) < 4.78 is 10.5. The summed E-state index contributed by atoms with van der Waals surface area (Å²) in [4.78, 5) is 11.2. The zero-order valence-corrected chi connectivity index (χ0v) is 8.21. The third-order valence-corrected chi connectivity index (χ3v) is 1.98. The third kappa shape index (κ3) is 2.11. The van der Waals surface area contributed by atoms with Crippen molar-refractivity contribution in [1.82, 2.24) is 0 Å². The lowest BCUT2D eigenvalue weighted by Crippen LogP contribution is -2.26. The van der Waals surface area contributed by atoms with E-state index < -0.39 is 6.10 Å². The number of allylic oxidation sites excluding steroid dienone is 2. The van der Waals surface area contributed by atoms with Gasteiger partial charge in [0.2, 0.25) is 6.10 Å². The van der Waals surface area contributed by atoms with Crippen LogP contribution in [0, 0.1) is 0 Å². The van der Waals surface area contributed by atoms with E-state index in [-0.39, 0.29) is 5.97 Å². The van der Waals surface area contributed by atoms with Crippen molar-refractivity contribution >= 4 is 21.9 Å². The molecule has 66 valence electrons. The molecule has 4 heteroatoms. The van der Waals surface area contributed by atoms with Crippen LogP contribution in [0.1, 0.15) is 6.92 Å². The average molecular weight is 233 g/mol. The van der Waals surface area contributed by atoms with Gasteiger partial charge in [0.15, 0.2) is 0 Å². The van der Waals surface area contributed by atoms with E-state index in [0.29, 0.717) is 11.1 Å². The summed E-state index contributed by atoms with van der Waals surface area (Å²) in [7, 11) is 0. The highest BCUT2D eigenvalue weighted by Gasteiger charge is 2.24. The Balaban J connectivity index is 2.58. The largest absolute Gasteiger partial charge is 0.481 e. The van der Waals surface area contributed by atoms with Gasteiger partial charge in [0, 0.05) is 4.48 Å². The van der Waals surface area contributed by atoms with Gasteiger partial charge in [0.25, 0.3) is 0 Å². The van der Waals surface area contributed by atoms with Crippen LogP contribution in [0.2, 0.25) is 0 Å². The second-order valence-corrected chi connectivity index (χ2v) is 3.06. The topological polar surface area (TPSA) is 35.5 Å². The van der Waals surface area contributed by atoms with Crippen LogP contribution in [0.15, 0.2) is 22.9 Å². The van der Waals surface area contributed by atoms with Crippen LogP contribution in [0.25, 0.3) is 0 Å². The van der Waals surface area contributed by atoms with Crippen molar-refractivity contribution in [1.29, 1.82) is 0 Å². The van der Waals surface area contributed by atoms with Crippen LogP contribution >= 0.6 is 15.9 Å². The van der Waals surface area contributed by atoms with Crippen LogP contribution in [0.3, 0.4) is 0 Å². The maximum Gasteiger partial charge on any atom is 0.352 e. The van der Waals surface area contributed by atoms with E-state index in [1.54, 1.807) is 19.1 Å². The number of hydrogen-bond acceptors (Lipinski definition) is 3. The van der Waals surface area contributed by atoms with Gasteiger partial charge in [-0.1, -0.05) is 15.9 Å². The molecule has 3 nitrogen and oxygen atoms in total. The molecule has 1 rings (SSSR count). The SMILES string of the molecule is CCOC(=O)C1OC=CC=C1Br. The minimum atomic E-state index is -0.630. The third-order valence-electron chi connectivity index (χ3n) is 1.30. The van der Waals surface area contributed by atoms with Crippen LogP contribution in [0.4, 0.5) is 0 Å². The van der Waals surface area contributed by atoms with Gasteiger partial charge in [0.1, 0.15) is 0 Å². The molecule has 0 fully saturated rings. The van der Waals surface area contributed by atoms with Crippen molar-refractivity contribution in [3.63, 3.8) is 0 Å². The average Bonchev–Trinajstić information content (AvgIpc) is 2.05. The fourth-order valence-corrected chi connectivity index (χ4v) is 1.24. The first-order valence-corrected chi connectivity index (χ1v) is 4.39. The van der Waals surface area contributed by atoms with Gasteiger partial charge in [-0.3, -0.25) is 0 Å². The Kier molecular flexibility index (Phi) is 3.34. The first-order chi connectivity index (χ1) is 5.75. The van der Waals surface area contributed by atoms with Gasteiger partial charge in [0.05, 0.1) is 12.9 Å². The maximum atomic E-state index is 11.2. The highest BCUT2D eigenvalue weighted by Crippen LogP contribution is 2.19. The highest BCUT2D eigenvalue weighted by atomic mass is 79.9. The Morgan fingerprint density at radius 1 is 1.83 bits per heavy atom. The molecule has 0 aliphatic carbocycles. The number of rotatable bonds is 2. The fraction of sp³-hybridized carbons (Fsp3) is 0.375. The smallest absolute Gasteiger partial charge is 0.352 e. The number of ether oxygens (including phenoxy) is 2. The summed E-state index contributed by atoms with van der Waals surface area (Å²) >= 11 is 3.21. The predicted molar refractivity (Wildman–Crippen MR) is 47.7 cm³/mol. The molecule has 1 heterocycles. The monoisotopic (exact) mass is 232 g/mol. The molecule has 0 bridgehead atoms. The molecule has 0 aromatic carbocycles.